The summed E-state index contributed by atoms with van der Waals surface area (Å²) >= 11 is 0. The molecule has 0 radical (unpaired) electrons. The summed E-state index contributed by atoms with van der Waals surface area (Å²) in [6.07, 6.45) is 8.35. The van der Waals surface area contributed by atoms with E-state index in [1.807, 2.05) is 24.3 Å². The minimum Gasteiger partial charge on any atom is -0.452 e. The van der Waals surface area contributed by atoms with Gasteiger partial charge in [-0.15, -0.1) is 0 Å². The van der Waals surface area contributed by atoms with Crippen molar-refractivity contribution in [1.29, 1.82) is 0 Å². The Hall–Kier alpha value is -2.43. The van der Waals surface area contributed by atoms with E-state index in [2.05, 4.69) is 12.2 Å². The first-order valence-electron chi connectivity index (χ1n) is 10.5. The highest BCUT2D eigenvalue weighted by atomic mass is 16.5. The molecule has 1 fully saturated rings. The van der Waals surface area contributed by atoms with Gasteiger partial charge in [-0.25, -0.2) is 4.79 Å². The molecule has 1 aromatic heterocycles. The number of amides is 1. The van der Waals surface area contributed by atoms with Gasteiger partial charge >= 0.3 is 5.97 Å². The molecular weight excluding hydrogens is 352 g/mol. The molecule has 5 nitrogen and oxygen atoms in total. The van der Waals surface area contributed by atoms with Crippen molar-refractivity contribution < 1.29 is 14.3 Å². The summed E-state index contributed by atoms with van der Waals surface area (Å²) in [6.45, 7) is 1.97. The van der Waals surface area contributed by atoms with E-state index in [0.29, 0.717) is 11.5 Å². The lowest BCUT2D eigenvalue weighted by Crippen LogP contribution is -2.38. The number of para-hydroxylation sites is 1. The van der Waals surface area contributed by atoms with Crippen molar-refractivity contribution in [2.24, 2.45) is 5.92 Å². The second-order valence-corrected chi connectivity index (χ2v) is 8.26. The number of carbonyl (C=O) groups is 2. The molecule has 1 atom stereocenters. The molecule has 2 aliphatic carbocycles. The molecule has 1 aromatic carbocycles. The van der Waals surface area contributed by atoms with E-state index >= 15 is 0 Å². The van der Waals surface area contributed by atoms with Crippen LogP contribution in [-0.2, 0) is 22.4 Å². The van der Waals surface area contributed by atoms with Gasteiger partial charge in [0.2, 0.25) is 0 Å². The number of esters is 1. The molecule has 1 saturated carbocycles. The fourth-order valence-electron chi connectivity index (χ4n) is 4.52. The van der Waals surface area contributed by atoms with Gasteiger partial charge in [0.05, 0.1) is 11.1 Å². The van der Waals surface area contributed by atoms with Gasteiger partial charge in [0.25, 0.3) is 5.91 Å². The maximum atomic E-state index is 13.0. The number of aryl methyl sites for hydroxylation is 1. The van der Waals surface area contributed by atoms with Crippen molar-refractivity contribution >= 4 is 22.8 Å². The summed E-state index contributed by atoms with van der Waals surface area (Å²) in [5.74, 6) is -0.111. The Morgan fingerprint density at radius 3 is 2.75 bits per heavy atom. The molecule has 28 heavy (non-hydrogen) atoms. The monoisotopic (exact) mass is 380 g/mol. The standard InChI is InChI=1S/C23H28N2O3/c1-15-11-12-20-18(13-15)22(17-9-5-6-10-19(17)25-20)23(27)28-14-21(26)24-16-7-3-2-4-8-16/h5-6,9-10,15-16H,2-4,7-8,11-14H2,1H3,(H,24,26). The van der Waals surface area contributed by atoms with Gasteiger partial charge in [-0.05, 0) is 49.7 Å². The predicted octanol–water partition coefficient (Wildman–Crippen LogP) is 3.97. The van der Waals surface area contributed by atoms with Crippen LogP contribution in [0.1, 0.15) is 67.1 Å². The predicted molar refractivity (Wildman–Crippen MR) is 108 cm³/mol. The topological polar surface area (TPSA) is 68.3 Å². The highest BCUT2D eigenvalue weighted by Crippen LogP contribution is 2.32. The van der Waals surface area contributed by atoms with Gasteiger partial charge in [0.15, 0.2) is 6.61 Å². The Bertz CT molecular complexity index is 887. The van der Waals surface area contributed by atoms with Crippen LogP contribution in [0.3, 0.4) is 0 Å². The highest BCUT2D eigenvalue weighted by molar-refractivity contribution is 6.05. The zero-order valence-electron chi connectivity index (χ0n) is 16.5. The van der Waals surface area contributed by atoms with Gasteiger partial charge < -0.3 is 10.1 Å². The summed E-state index contributed by atoms with van der Waals surface area (Å²) in [4.78, 5) is 30.0. The molecule has 5 heteroatoms. The van der Waals surface area contributed by atoms with Gasteiger partial charge in [0, 0.05) is 17.1 Å². The number of benzene rings is 1. The molecule has 1 amide bonds. The SMILES string of the molecule is CC1CCc2nc3ccccc3c(C(=O)OCC(=O)NC3CCCCC3)c2C1. The largest absolute Gasteiger partial charge is 0.452 e. The number of carbonyl (C=O) groups excluding carboxylic acids is 2. The van der Waals surface area contributed by atoms with Gasteiger partial charge in [-0.3, -0.25) is 9.78 Å². The number of nitrogens with one attached hydrogen (secondary N) is 1. The first-order valence-corrected chi connectivity index (χ1v) is 10.5. The van der Waals surface area contributed by atoms with E-state index in [1.165, 1.54) is 6.42 Å². The number of hydrogen-bond acceptors (Lipinski definition) is 4. The van der Waals surface area contributed by atoms with Crippen molar-refractivity contribution in [1.82, 2.24) is 10.3 Å². The Kier molecular flexibility index (Phi) is 5.60. The van der Waals surface area contributed by atoms with Crippen LogP contribution in [0.25, 0.3) is 10.9 Å². The zero-order chi connectivity index (χ0) is 19.5. The molecule has 1 unspecified atom stereocenters. The molecule has 0 bridgehead atoms. The summed E-state index contributed by atoms with van der Waals surface area (Å²) in [5.41, 5.74) is 3.40. The van der Waals surface area contributed by atoms with E-state index in [4.69, 9.17) is 9.72 Å². The average Bonchev–Trinajstić information content (AvgIpc) is 2.71. The van der Waals surface area contributed by atoms with Crippen LogP contribution >= 0.6 is 0 Å². The van der Waals surface area contributed by atoms with E-state index in [-0.39, 0.29) is 18.6 Å². The van der Waals surface area contributed by atoms with Gasteiger partial charge in [0.1, 0.15) is 0 Å². The molecule has 148 valence electrons. The average molecular weight is 380 g/mol. The van der Waals surface area contributed by atoms with Crippen molar-refractivity contribution in [2.75, 3.05) is 6.61 Å². The lowest BCUT2D eigenvalue weighted by molar-refractivity contribution is -0.125. The summed E-state index contributed by atoms with van der Waals surface area (Å²) in [5, 5.41) is 3.82. The smallest absolute Gasteiger partial charge is 0.339 e. The Labute approximate surface area is 165 Å². The van der Waals surface area contributed by atoms with Crippen LogP contribution in [0.5, 0.6) is 0 Å². The Morgan fingerprint density at radius 1 is 1.14 bits per heavy atom. The molecule has 1 N–H and O–H groups in total. The number of ether oxygens (including phenoxy) is 1. The van der Waals surface area contributed by atoms with E-state index < -0.39 is 5.97 Å². The molecule has 2 aliphatic rings. The van der Waals surface area contributed by atoms with Crippen molar-refractivity contribution in [2.45, 2.75) is 64.3 Å². The van der Waals surface area contributed by atoms with E-state index in [0.717, 1.165) is 67.1 Å². The molecule has 1 heterocycles. The Morgan fingerprint density at radius 2 is 1.93 bits per heavy atom. The number of hydrogen-bond donors (Lipinski definition) is 1. The Balaban J connectivity index is 1.53. The maximum absolute atomic E-state index is 13.0. The lowest BCUT2D eigenvalue weighted by Gasteiger charge is -2.24. The first kappa shape index (κ1) is 18.9. The third-order valence-electron chi connectivity index (χ3n) is 6.01. The zero-order valence-corrected chi connectivity index (χ0v) is 16.5. The van der Waals surface area contributed by atoms with Crippen LogP contribution in [0.2, 0.25) is 0 Å². The normalized spacial score (nSPS) is 19.8. The first-order chi connectivity index (χ1) is 13.6. The van der Waals surface area contributed by atoms with Crippen molar-refractivity contribution in [3.63, 3.8) is 0 Å². The lowest BCUT2D eigenvalue weighted by atomic mass is 9.84. The van der Waals surface area contributed by atoms with Crippen LogP contribution in [-0.4, -0.2) is 29.5 Å². The minimum atomic E-state index is -0.414. The van der Waals surface area contributed by atoms with Gasteiger partial charge in [-0.2, -0.15) is 0 Å². The second-order valence-electron chi connectivity index (χ2n) is 8.26. The van der Waals surface area contributed by atoms with Crippen LogP contribution in [0, 0.1) is 5.92 Å². The number of pyridine rings is 1. The maximum Gasteiger partial charge on any atom is 0.339 e. The van der Waals surface area contributed by atoms with E-state index in [9.17, 15) is 9.59 Å². The summed E-state index contributed by atoms with van der Waals surface area (Å²) in [6, 6.07) is 7.91. The third-order valence-corrected chi connectivity index (χ3v) is 6.01. The fourth-order valence-corrected chi connectivity index (χ4v) is 4.52. The molecule has 0 saturated heterocycles. The van der Waals surface area contributed by atoms with Crippen LogP contribution in [0.15, 0.2) is 24.3 Å². The van der Waals surface area contributed by atoms with Crippen LogP contribution < -0.4 is 5.32 Å². The minimum absolute atomic E-state index is 0.208. The molecule has 0 aliphatic heterocycles. The summed E-state index contributed by atoms with van der Waals surface area (Å²) in [7, 11) is 0. The van der Waals surface area contributed by atoms with Crippen molar-refractivity contribution in [3.8, 4) is 0 Å². The van der Waals surface area contributed by atoms with E-state index in [1.54, 1.807) is 0 Å². The number of nitrogens with zero attached hydrogens (tertiary/aromatic N) is 1. The number of aromatic nitrogens is 1. The fraction of sp³-hybridized carbons (Fsp3) is 0.522. The quantitative estimate of drug-likeness (QED) is 0.815. The highest BCUT2D eigenvalue weighted by Gasteiger charge is 2.26. The molecule has 4 rings (SSSR count). The second kappa shape index (κ2) is 8.29. The van der Waals surface area contributed by atoms with Crippen LogP contribution in [0.4, 0.5) is 0 Å². The summed E-state index contributed by atoms with van der Waals surface area (Å²) < 4.78 is 5.46. The number of rotatable bonds is 4. The van der Waals surface area contributed by atoms with Gasteiger partial charge in [-0.1, -0.05) is 44.4 Å². The van der Waals surface area contributed by atoms with Crippen molar-refractivity contribution in [3.05, 3.63) is 41.1 Å². The number of fused-ring (bicyclic) bond motifs is 2. The molecule has 2 aromatic rings. The third kappa shape index (κ3) is 4.03. The molecule has 0 spiro atoms. The molecular formula is C23H28N2O3.